The number of ketones is 2. The van der Waals surface area contributed by atoms with Gasteiger partial charge >= 0.3 is 0 Å². The van der Waals surface area contributed by atoms with Gasteiger partial charge in [0, 0.05) is 29.5 Å². The number of hydrogen-bond donors (Lipinski definition) is 0. The van der Waals surface area contributed by atoms with Crippen molar-refractivity contribution in [2.75, 3.05) is 24.6 Å². The molecule has 0 amide bonds. The third-order valence-corrected chi connectivity index (χ3v) is 13.1. The summed E-state index contributed by atoms with van der Waals surface area (Å²) in [6.07, 6.45) is 24.2. The number of carbonyl (C=O) groups is 2. The molecule has 0 atom stereocenters. The fourth-order valence-corrected chi connectivity index (χ4v) is 10.8. The molecule has 0 heterocycles. The zero-order valence-electron chi connectivity index (χ0n) is 23.3. The molecular weight excluding hydrogens is 447 g/mol. The molecule has 2 rings (SSSR count). The first-order chi connectivity index (χ1) is 17.0. The molecule has 196 valence electrons. The van der Waals surface area contributed by atoms with E-state index in [4.69, 9.17) is 0 Å². The molecule has 1 aromatic rings. The minimum Gasteiger partial charge on any atom is -0.289 e. The van der Waals surface area contributed by atoms with Crippen LogP contribution in [-0.4, -0.2) is 36.2 Å². The van der Waals surface area contributed by atoms with Crippen LogP contribution in [0.1, 0.15) is 138 Å². The van der Waals surface area contributed by atoms with Crippen molar-refractivity contribution in [3.63, 3.8) is 0 Å². The normalized spacial score (nSPS) is 14.1. The van der Waals surface area contributed by atoms with Crippen molar-refractivity contribution >= 4 is 18.8 Å². The van der Waals surface area contributed by atoms with Gasteiger partial charge in [0.05, 0.1) is 24.6 Å². The molecule has 0 saturated carbocycles. The molecule has 0 bridgehead atoms. The van der Waals surface area contributed by atoms with Crippen LogP contribution < -0.4 is 0 Å². The lowest BCUT2D eigenvalue weighted by atomic mass is 9.82. The second kappa shape index (κ2) is 16.5. The maximum absolute atomic E-state index is 12.9. The van der Waals surface area contributed by atoms with Gasteiger partial charge < -0.3 is 0 Å². The third-order valence-electron chi connectivity index (χ3n) is 8.00. The van der Waals surface area contributed by atoms with Crippen molar-refractivity contribution in [3.05, 3.63) is 46.5 Å². The first-order valence-corrected chi connectivity index (χ1v) is 17.3. The average molecular weight is 500 g/mol. The predicted molar refractivity (Wildman–Crippen MR) is 156 cm³/mol. The molecule has 0 aromatic heterocycles. The molecule has 0 radical (unpaired) electrons. The van der Waals surface area contributed by atoms with E-state index in [9.17, 15) is 9.59 Å². The lowest BCUT2D eigenvalue weighted by molar-refractivity contribution is 0.0971. The Balaban J connectivity index is 1.69. The lowest BCUT2D eigenvalue weighted by Crippen LogP contribution is -2.20. The van der Waals surface area contributed by atoms with E-state index in [0.29, 0.717) is 16.7 Å². The van der Waals surface area contributed by atoms with E-state index in [1.165, 1.54) is 76.8 Å². The van der Waals surface area contributed by atoms with Gasteiger partial charge in [0.2, 0.25) is 0 Å². The highest BCUT2D eigenvalue weighted by molar-refractivity contribution is 7.75. The van der Waals surface area contributed by atoms with Crippen LogP contribution in [0, 0.1) is 0 Å². The van der Waals surface area contributed by atoms with E-state index in [-0.39, 0.29) is 11.6 Å². The standard InChI is InChI=1S/C32H52O2P/c1-5-8-23-35(24-9-6-2,25-10-7-3)26-19-15-13-11-12-14-16-20-28-27(4)31(33)29-21-17-18-22-30(29)32(28)34/h17-18,21-22H,5-16,19-20,23-26H2,1-4H3/q+1. The van der Waals surface area contributed by atoms with Crippen molar-refractivity contribution in [1.82, 2.24) is 0 Å². The van der Waals surface area contributed by atoms with Gasteiger partial charge in [0.15, 0.2) is 11.6 Å². The minimum atomic E-state index is -0.732. The number of Topliss-reactive ketones (excluding diaryl/α,β-unsaturated/α-hetero) is 2. The van der Waals surface area contributed by atoms with E-state index < -0.39 is 7.26 Å². The molecule has 35 heavy (non-hydrogen) atoms. The van der Waals surface area contributed by atoms with E-state index in [2.05, 4.69) is 20.8 Å². The Kier molecular flexibility index (Phi) is 14.1. The number of carbonyl (C=O) groups excluding carboxylic acids is 2. The Bertz CT molecular complexity index is 801. The number of fused-ring (bicyclic) bond motifs is 1. The maximum Gasteiger partial charge on any atom is 0.190 e. The van der Waals surface area contributed by atoms with Crippen LogP contribution in [0.4, 0.5) is 0 Å². The molecule has 0 N–H and O–H groups in total. The average Bonchev–Trinajstić information content (AvgIpc) is 2.88. The summed E-state index contributed by atoms with van der Waals surface area (Å²) in [4.78, 5) is 25.5. The zero-order valence-corrected chi connectivity index (χ0v) is 24.2. The summed E-state index contributed by atoms with van der Waals surface area (Å²) < 4.78 is 0. The van der Waals surface area contributed by atoms with E-state index in [1.807, 2.05) is 19.1 Å². The van der Waals surface area contributed by atoms with Crippen LogP contribution >= 0.6 is 7.26 Å². The summed E-state index contributed by atoms with van der Waals surface area (Å²) in [5.41, 5.74) is 2.58. The number of benzene rings is 1. The van der Waals surface area contributed by atoms with Crippen LogP contribution in [-0.2, 0) is 0 Å². The summed E-state index contributed by atoms with van der Waals surface area (Å²) in [5.74, 6) is 0.102. The van der Waals surface area contributed by atoms with Crippen molar-refractivity contribution in [2.45, 2.75) is 118 Å². The van der Waals surface area contributed by atoms with Gasteiger partial charge in [-0.25, -0.2) is 0 Å². The Morgan fingerprint density at radius 3 is 1.51 bits per heavy atom. The molecule has 0 unspecified atom stereocenters. The van der Waals surface area contributed by atoms with Gasteiger partial charge in [0.1, 0.15) is 0 Å². The lowest BCUT2D eigenvalue weighted by Gasteiger charge is -2.28. The van der Waals surface area contributed by atoms with Gasteiger partial charge in [-0.1, -0.05) is 90.0 Å². The second-order valence-corrected chi connectivity index (χ2v) is 15.3. The molecule has 0 spiro atoms. The first-order valence-electron chi connectivity index (χ1n) is 14.7. The van der Waals surface area contributed by atoms with Gasteiger partial charge in [-0.2, -0.15) is 0 Å². The maximum atomic E-state index is 12.9. The molecule has 1 aliphatic carbocycles. The SMILES string of the molecule is CCCC[P+](CCCC)(CCCC)CCCCCCCCCC1=C(C)C(=O)c2ccccc2C1=O. The molecule has 1 aliphatic rings. The summed E-state index contributed by atoms with van der Waals surface area (Å²) in [6, 6.07) is 7.27. The Morgan fingerprint density at radius 2 is 1.00 bits per heavy atom. The zero-order chi connectivity index (χ0) is 25.5. The number of hydrogen-bond acceptors (Lipinski definition) is 2. The topological polar surface area (TPSA) is 34.1 Å². The van der Waals surface area contributed by atoms with Crippen LogP contribution in [0.5, 0.6) is 0 Å². The monoisotopic (exact) mass is 499 g/mol. The van der Waals surface area contributed by atoms with E-state index >= 15 is 0 Å². The Morgan fingerprint density at radius 1 is 0.571 bits per heavy atom. The second-order valence-electron chi connectivity index (χ2n) is 10.8. The molecule has 1 aromatic carbocycles. The third kappa shape index (κ3) is 9.27. The van der Waals surface area contributed by atoms with Crippen LogP contribution in [0.3, 0.4) is 0 Å². The van der Waals surface area contributed by atoms with Gasteiger partial charge in [-0.15, -0.1) is 0 Å². The smallest absolute Gasteiger partial charge is 0.190 e. The van der Waals surface area contributed by atoms with Gasteiger partial charge in [-0.3, -0.25) is 9.59 Å². The minimum absolute atomic E-state index is 0.0333. The van der Waals surface area contributed by atoms with Gasteiger partial charge in [0.25, 0.3) is 0 Å². The highest BCUT2D eigenvalue weighted by Gasteiger charge is 2.34. The summed E-state index contributed by atoms with van der Waals surface area (Å²) in [5, 5.41) is 0. The largest absolute Gasteiger partial charge is 0.289 e. The van der Waals surface area contributed by atoms with Gasteiger partial charge in [-0.05, 0) is 51.9 Å². The van der Waals surface area contributed by atoms with Crippen molar-refractivity contribution < 1.29 is 9.59 Å². The highest BCUT2D eigenvalue weighted by atomic mass is 31.2. The highest BCUT2D eigenvalue weighted by Crippen LogP contribution is 2.61. The number of allylic oxidation sites excluding steroid dienone is 2. The van der Waals surface area contributed by atoms with Crippen LogP contribution in [0.25, 0.3) is 0 Å². The molecule has 0 aliphatic heterocycles. The van der Waals surface area contributed by atoms with Crippen molar-refractivity contribution in [2.24, 2.45) is 0 Å². The number of rotatable bonds is 19. The Hall–Kier alpha value is -1.27. The Labute approximate surface area is 217 Å². The van der Waals surface area contributed by atoms with E-state index in [1.54, 1.807) is 30.6 Å². The molecule has 2 nitrogen and oxygen atoms in total. The summed E-state index contributed by atoms with van der Waals surface area (Å²) in [7, 11) is -0.732. The first kappa shape index (κ1) is 30.0. The molecular formula is C32H52O2P+. The summed E-state index contributed by atoms with van der Waals surface area (Å²) in [6.45, 7) is 8.89. The van der Waals surface area contributed by atoms with Crippen LogP contribution in [0.2, 0.25) is 0 Å². The fraction of sp³-hybridized carbons (Fsp3) is 0.688. The molecule has 3 heteroatoms. The van der Waals surface area contributed by atoms with E-state index in [0.717, 1.165) is 24.8 Å². The summed E-state index contributed by atoms with van der Waals surface area (Å²) >= 11 is 0. The number of unbranched alkanes of at least 4 members (excludes halogenated alkanes) is 9. The fourth-order valence-electron chi connectivity index (χ4n) is 5.64. The molecule has 0 saturated heterocycles. The van der Waals surface area contributed by atoms with Crippen molar-refractivity contribution in [3.8, 4) is 0 Å². The molecule has 0 fully saturated rings. The van der Waals surface area contributed by atoms with Crippen LogP contribution in [0.15, 0.2) is 35.4 Å². The predicted octanol–water partition coefficient (Wildman–Crippen LogP) is 9.92. The van der Waals surface area contributed by atoms with Crippen molar-refractivity contribution in [1.29, 1.82) is 0 Å². The quantitative estimate of drug-likeness (QED) is 0.140.